The van der Waals surface area contributed by atoms with Gasteiger partial charge >= 0.3 is 0 Å². The Balaban J connectivity index is 1.60. The lowest BCUT2D eigenvalue weighted by Gasteiger charge is -2.19. The van der Waals surface area contributed by atoms with Gasteiger partial charge in [-0.05, 0) is 48.8 Å². The normalized spacial score (nSPS) is 14.4. The number of aryl methyl sites for hydroxylation is 1. The molecule has 1 aliphatic heterocycles. The molecule has 2 aromatic carbocycles. The fourth-order valence-corrected chi connectivity index (χ4v) is 3.99. The quantitative estimate of drug-likeness (QED) is 0.665. The molecule has 0 saturated heterocycles. The van der Waals surface area contributed by atoms with Crippen molar-refractivity contribution < 1.29 is 14.3 Å². The Hall–Kier alpha value is -2.67. The molecule has 1 aliphatic rings. The minimum Gasteiger partial charge on any atom is -0.490 e. The molecule has 0 unspecified atom stereocenters. The molecule has 0 aliphatic carbocycles. The average Bonchev–Trinajstić information content (AvgIpc) is 2.91. The number of thioether (sulfide) groups is 1. The van der Waals surface area contributed by atoms with Crippen LogP contribution < -0.4 is 14.8 Å². The van der Waals surface area contributed by atoms with E-state index in [0.29, 0.717) is 30.3 Å². The Morgan fingerprint density at radius 2 is 2.00 bits per heavy atom. The third-order valence-electron chi connectivity index (χ3n) is 5.06. The summed E-state index contributed by atoms with van der Waals surface area (Å²) in [4.78, 5) is 17.8. The maximum Gasteiger partial charge on any atom is 0.252 e. The van der Waals surface area contributed by atoms with Crippen molar-refractivity contribution in [2.45, 2.75) is 18.9 Å². The molecular formula is C22H25N3O3S. The van der Waals surface area contributed by atoms with E-state index in [0.717, 1.165) is 35.5 Å². The highest BCUT2D eigenvalue weighted by atomic mass is 32.2. The minimum atomic E-state index is -0.177. The predicted molar refractivity (Wildman–Crippen MR) is 116 cm³/mol. The van der Waals surface area contributed by atoms with Crippen LogP contribution >= 0.6 is 11.8 Å². The highest BCUT2D eigenvalue weighted by Crippen LogP contribution is 2.31. The molecule has 152 valence electrons. The number of nitrogens with one attached hydrogen (secondary N) is 1. The molecule has 0 spiro atoms. The highest BCUT2D eigenvalue weighted by Gasteiger charge is 2.22. The van der Waals surface area contributed by atoms with E-state index in [1.807, 2.05) is 37.4 Å². The van der Waals surface area contributed by atoms with E-state index in [1.165, 1.54) is 0 Å². The summed E-state index contributed by atoms with van der Waals surface area (Å²) in [6.07, 6.45) is 3.70. The second kappa shape index (κ2) is 8.78. The number of carbonyl (C=O) groups excluding carboxylic acids is 1. The van der Waals surface area contributed by atoms with Crippen LogP contribution in [0.1, 0.15) is 35.1 Å². The Morgan fingerprint density at radius 3 is 2.79 bits per heavy atom. The van der Waals surface area contributed by atoms with Gasteiger partial charge < -0.3 is 19.4 Å². The van der Waals surface area contributed by atoms with Crippen LogP contribution in [-0.4, -0.2) is 40.7 Å². The fraction of sp³-hybridized carbons (Fsp3) is 0.364. The number of amides is 1. The van der Waals surface area contributed by atoms with E-state index in [1.54, 1.807) is 23.9 Å². The molecule has 1 aromatic heterocycles. The summed E-state index contributed by atoms with van der Waals surface area (Å²) in [5.74, 6) is 2.96. The van der Waals surface area contributed by atoms with Gasteiger partial charge in [0, 0.05) is 19.0 Å². The maximum atomic E-state index is 13.0. The van der Waals surface area contributed by atoms with Crippen LogP contribution in [0.2, 0.25) is 0 Å². The molecule has 0 saturated carbocycles. The smallest absolute Gasteiger partial charge is 0.252 e. The first kappa shape index (κ1) is 19.6. The van der Waals surface area contributed by atoms with Gasteiger partial charge in [-0.25, -0.2) is 4.98 Å². The Morgan fingerprint density at radius 1 is 1.21 bits per heavy atom. The van der Waals surface area contributed by atoms with Crippen molar-refractivity contribution in [3.05, 3.63) is 53.9 Å². The summed E-state index contributed by atoms with van der Waals surface area (Å²) in [5, 5.41) is 3.18. The minimum absolute atomic E-state index is 0.140. The van der Waals surface area contributed by atoms with Gasteiger partial charge in [-0.3, -0.25) is 4.79 Å². The molecule has 1 atom stereocenters. The van der Waals surface area contributed by atoms with Crippen molar-refractivity contribution in [2.75, 3.05) is 25.2 Å². The van der Waals surface area contributed by atoms with Crippen molar-refractivity contribution in [3.8, 4) is 11.5 Å². The number of imidazole rings is 1. The number of nitrogens with zero attached hydrogens (tertiary/aromatic N) is 2. The lowest BCUT2D eigenvalue weighted by atomic mass is 10.1. The largest absolute Gasteiger partial charge is 0.490 e. The molecule has 1 N–H and O–H groups in total. The number of fused-ring (bicyclic) bond motifs is 2. The standard InChI is InChI=1S/C22H25N3O3S/c1-25-18-7-4-3-6-16(18)23-21(25)17(10-13-29-2)24-22(26)15-8-9-19-20(14-15)28-12-5-11-27-19/h3-4,6-9,14,17H,5,10-13H2,1-2H3,(H,24,26)/t17-/m1/s1. The van der Waals surface area contributed by atoms with Gasteiger partial charge in [0.25, 0.3) is 5.91 Å². The molecule has 2 heterocycles. The van der Waals surface area contributed by atoms with Gasteiger partial charge in [-0.1, -0.05) is 12.1 Å². The summed E-state index contributed by atoms with van der Waals surface area (Å²) in [6.45, 7) is 1.22. The highest BCUT2D eigenvalue weighted by molar-refractivity contribution is 7.98. The van der Waals surface area contributed by atoms with Crippen LogP contribution in [0.4, 0.5) is 0 Å². The van der Waals surface area contributed by atoms with Crippen molar-refractivity contribution in [1.29, 1.82) is 0 Å². The number of hydrogen-bond acceptors (Lipinski definition) is 5. The number of ether oxygens (including phenoxy) is 2. The summed E-state index contributed by atoms with van der Waals surface area (Å²) >= 11 is 1.76. The monoisotopic (exact) mass is 411 g/mol. The number of carbonyl (C=O) groups is 1. The Labute approximate surface area is 174 Å². The van der Waals surface area contributed by atoms with E-state index in [-0.39, 0.29) is 11.9 Å². The zero-order valence-electron chi connectivity index (χ0n) is 16.7. The number of hydrogen-bond donors (Lipinski definition) is 1. The summed E-state index contributed by atoms with van der Waals surface area (Å²) < 4.78 is 13.5. The number of benzene rings is 2. The van der Waals surface area contributed by atoms with E-state index in [2.05, 4.69) is 16.1 Å². The van der Waals surface area contributed by atoms with E-state index in [4.69, 9.17) is 14.5 Å². The summed E-state index contributed by atoms with van der Waals surface area (Å²) in [6, 6.07) is 13.2. The third-order valence-corrected chi connectivity index (χ3v) is 5.70. The van der Waals surface area contributed by atoms with Crippen molar-refractivity contribution in [1.82, 2.24) is 14.9 Å². The molecule has 0 radical (unpaired) electrons. The van der Waals surface area contributed by atoms with Crippen LogP contribution in [0.3, 0.4) is 0 Å². The van der Waals surface area contributed by atoms with Gasteiger partial charge in [0.05, 0.1) is 30.3 Å². The maximum absolute atomic E-state index is 13.0. The molecule has 1 amide bonds. The first-order valence-electron chi connectivity index (χ1n) is 9.78. The van der Waals surface area contributed by atoms with Gasteiger partial charge in [0.15, 0.2) is 11.5 Å². The zero-order chi connectivity index (χ0) is 20.2. The Bertz CT molecular complexity index is 1020. The van der Waals surface area contributed by atoms with Crippen LogP contribution in [-0.2, 0) is 7.05 Å². The van der Waals surface area contributed by atoms with E-state index in [9.17, 15) is 4.79 Å². The predicted octanol–water partition coefficient (Wildman–Crippen LogP) is 3.96. The van der Waals surface area contributed by atoms with Crippen LogP contribution in [0.25, 0.3) is 11.0 Å². The summed E-state index contributed by atoms with van der Waals surface area (Å²) in [7, 11) is 2.00. The molecule has 0 fully saturated rings. The van der Waals surface area contributed by atoms with Crippen molar-refractivity contribution >= 4 is 28.7 Å². The molecule has 29 heavy (non-hydrogen) atoms. The number of aromatic nitrogens is 2. The van der Waals surface area contributed by atoms with Crippen LogP contribution in [0.5, 0.6) is 11.5 Å². The van der Waals surface area contributed by atoms with Gasteiger partial charge in [-0.2, -0.15) is 11.8 Å². The van der Waals surface area contributed by atoms with Crippen molar-refractivity contribution in [3.63, 3.8) is 0 Å². The summed E-state index contributed by atoms with van der Waals surface area (Å²) in [5.41, 5.74) is 2.55. The first-order chi connectivity index (χ1) is 14.2. The molecule has 6 nitrogen and oxygen atoms in total. The third kappa shape index (κ3) is 4.19. The second-order valence-electron chi connectivity index (χ2n) is 7.04. The Kier molecular flexibility index (Phi) is 5.94. The lowest BCUT2D eigenvalue weighted by molar-refractivity contribution is 0.0933. The SMILES string of the molecule is CSCC[C@@H](NC(=O)c1ccc2c(c1)OCCCO2)c1nc2ccccc2n1C. The second-order valence-corrected chi connectivity index (χ2v) is 8.02. The molecule has 0 bridgehead atoms. The lowest BCUT2D eigenvalue weighted by Crippen LogP contribution is -2.30. The van der Waals surface area contributed by atoms with Crippen LogP contribution in [0.15, 0.2) is 42.5 Å². The van der Waals surface area contributed by atoms with Gasteiger partial charge in [-0.15, -0.1) is 0 Å². The molecular weight excluding hydrogens is 386 g/mol. The topological polar surface area (TPSA) is 65.4 Å². The van der Waals surface area contributed by atoms with E-state index >= 15 is 0 Å². The van der Waals surface area contributed by atoms with Crippen molar-refractivity contribution in [2.24, 2.45) is 7.05 Å². The fourth-order valence-electron chi connectivity index (χ4n) is 3.52. The number of para-hydroxylation sites is 2. The number of rotatable bonds is 6. The van der Waals surface area contributed by atoms with E-state index < -0.39 is 0 Å². The van der Waals surface area contributed by atoms with Gasteiger partial charge in [0.2, 0.25) is 0 Å². The molecule has 7 heteroatoms. The average molecular weight is 412 g/mol. The van der Waals surface area contributed by atoms with Crippen LogP contribution in [0, 0.1) is 0 Å². The van der Waals surface area contributed by atoms with Gasteiger partial charge in [0.1, 0.15) is 5.82 Å². The first-order valence-corrected chi connectivity index (χ1v) is 11.2. The molecule has 4 rings (SSSR count). The zero-order valence-corrected chi connectivity index (χ0v) is 17.5. The molecule has 3 aromatic rings.